The Labute approximate surface area is 156 Å². The minimum absolute atomic E-state index is 0.195. The molecule has 1 aliphatic heterocycles. The Morgan fingerprint density at radius 3 is 2.63 bits per heavy atom. The molecule has 8 heteroatoms. The number of ether oxygens (including phenoxy) is 2. The average Bonchev–Trinajstić information content (AvgIpc) is 2.73. The van der Waals surface area contributed by atoms with Gasteiger partial charge in [-0.1, -0.05) is 12.2 Å². The number of fused-ring (bicyclic) bond motifs is 1. The van der Waals surface area contributed by atoms with E-state index in [0.29, 0.717) is 34.2 Å². The van der Waals surface area contributed by atoms with Crippen LogP contribution in [0.1, 0.15) is 6.42 Å². The number of aromatic nitrogens is 4. The summed E-state index contributed by atoms with van der Waals surface area (Å²) in [6, 6.07) is 5.63. The number of nitrogen functional groups attached to an aromatic ring is 1. The third-order valence-corrected chi connectivity index (χ3v) is 4.44. The van der Waals surface area contributed by atoms with E-state index in [9.17, 15) is 0 Å². The van der Waals surface area contributed by atoms with Gasteiger partial charge >= 0.3 is 0 Å². The van der Waals surface area contributed by atoms with Crippen molar-refractivity contribution in [2.45, 2.75) is 6.42 Å². The number of hydrogen-bond donors (Lipinski definition) is 1. The molecule has 1 aromatic carbocycles. The van der Waals surface area contributed by atoms with Gasteiger partial charge in [-0.15, -0.1) is 0 Å². The van der Waals surface area contributed by atoms with Crippen LogP contribution in [0, 0.1) is 0 Å². The van der Waals surface area contributed by atoms with E-state index in [1.807, 2.05) is 18.2 Å². The number of hydrogen-bond acceptors (Lipinski definition) is 8. The molecule has 8 nitrogen and oxygen atoms in total. The molecule has 0 fully saturated rings. The van der Waals surface area contributed by atoms with Crippen LogP contribution in [0.25, 0.3) is 22.4 Å². The second-order valence-corrected chi connectivity index (χ2v) is 6.11. The van der Waals surface area contributed by atoms with Gasteiger partial charge in [-0.3, -0.25) is 0 Å². The van der Waals surface area contributed by atoms with Crippen molar-refractivity contribution in [2.75, 3.05) is 37.9 Å². The lowest BCUT2D eigenvalue weighted by Crippen LogP contribution is -2.28. The van der Waals surface area contributed by atoms with Crippen molar-refractivity contribution in [2.24, 2.45) is 0 Å². The smallest absolute Gasteiger partial charge is 0.224 e. The van der Waals surface area contributed by atoms with Crippen LogP contribution in [-0.2, 0) is 0 Å². The molecule has 0 unspecified atom stereocenters. The van der Waals surface area contributed by atoms with E-state index in [1.165, 1.54) is 0 Å². The first kappa shape index (κ1) is 17.0. The van der Waals surface area contributed by atoms with Crippen molar-refractivity contribution in [3.05, 3.63) is 36.5 Å². The summed E-state index contributed by atoms with van der Waals surface area (Å²) in [5.41, 5.74) is 8.56. The molecule has 4 rings (SSSR count). The van der Waals surface area contributed by atoms with Crippen LogP contribution in [0.3, 0.4) is 0 Å². The Morgan fingerprint density at radius 1 is 1.04 bits per heavy atom. The summed E-state index contributed by atoms with van der Waals surface area (Å²) in [5, 5.41) is 0. The highest BCUT2D eigenvalue weighted by Crippen LogP contribution is 2.32. The number of anilines is 2. The molecule has 27 heavy (non-hydrogen) atoms. The zero-order chi connectivity index (χ0) is 18.8. The maximum absolute atomic E-state index is 5.89. The summed E-state index contributed by atoms with van der Waals surface area (Å²) < 4.78 is 10.7. The van der Waals surface area contributed by atoms with Gasteiger partial charge in [0.15, 0.2) is 28.5 Å². The molecule has 0 radical (unpaired) electrons. The summed E-state index contributed by atoms with van der Waals surface area (Å²) in [7, 11) is 3.21. The molecule has 0 bridgehead atoms. The molecule has 3 heterocycles. The van der Waals surface area contributed by atoms with Gasteiger partial charge in [0, 0.05) is 18.7 Å². The monoisotopic (exact) mass is 364 g/mol. The Bertz CT molecular complexity index is 1020. The molecule has 2 aromatic heterocycles. The SMILES string of the molecule is COc1ccc(-c2cnc3nc(N)nc(N4CC=CCC4)c3n2)cc1OC. The third kappa shape index (κ3) is 3.21. The van der Waals surface area contributed by atoms with Gasteiger partial charge in [-0.05, 0) is 24.6 Å². The minimum Gasteiger partial charge on any atom is -0.493 e. The molecule has 138 valence electrons. The van der Waals surface area contributed by atoms with E-state index in [4.69, 9.17) is 20.2 Å². The maximum Gasteiger partial charge on any atom is 0.224 e. The highest BCUT2D eigenvalue weighted by atomic mass is 16.5. The van der Waals surface area contributed by atoms with Crippen LogP contribution >= 0.6 is 0 Å². The molecular weight excluding hydrogens is 344 g/mol. The van der Waals surface area contributed by atoms with Gasteiger partial charge in [-0.25, -0.2) is 9.97 Å². The van der Waals surface area contributed by atoms with Crippen LogP contribution in [0.4, 0.5) is 11.8 Å². The summed E-state index contributed by atoms with van der Waals surface area (Å²) in [5.74, 6) is 2.19. The van der Waals surface area contributed by atoms with Crippen molar-refractivity contribution < 1.29 is 9.47 Å². The quantitative estimate of drug-likeness (QED) is 0.705. The van der Waals surface area contributed by atoms with Crippen LogP contribution in [0.5, 0.6) is 11.5 Å². The maximum atomic E-state index is 5.89. The molecule has 1 aliphatic rings. The van der Waals surface area contributed by atoms with Crippen molar-refractivity contribution in [3.63, 3.8) is 0 Å². The fraction of sp³-hybridized carbons (Fsp3) is 0.263. The third-order valence-electron chi connectivity index (χ3n) is 4.44. The fourth-order valence-electron chi connectivity index (χ4n) is 3.10. The van der Waals surface area contributed by atoms with Crippen LogP contribution in [-0.4, -0.2) is 47.2 Å². The highest BCUT2D eigenvalue weighted by Gasteiger charge is 2.18. The number of nitrogens with zero attached hydrogens (tertiary/aromatic N) is 5. The molecule has 3 aromatic rings. The van der Waals surface area contributed by atoms with Crippen LogP contribution in [0.15, 0.2) is 36.5 Å². The lowest BCUT2D eigenvalue weighted by molar-refractivity contribution is 0.355. The Morgan fingerprint density at radius 2 is 1.89 bits per heavy atom. The first-order valence-electron chi connectivity index (χ1n) is 8.62. The zero-order valence-corrected chi connectivity index (χ0v) is 15.2. The molecule has 0 atom stereocenters. The Hall–Kier alpha value is -3.42. The summed E-state index contributed by atoms with van der Waals surface area (Å²) >= 11 is 0. The van der Waals surface area contributed by atoms with Crippen LogP contribution in [0.2, 0.25) is 0 Å². The Balaban J connectivity index is 1.84. The normalized spacial score (nSPS) is 13.8. The molecule has 0 amide bonds. The lowest BCUT2D eigenvalue weighted by atomic mass is 10.1. The van der Waals surface area contributed by atoms with Gasteiger partial charge in [-0.2, -0.15) is 9.97 Å². The van der Waals surface area contributed by atoms with E-state index in [1.54, 1.807) is 20.4 Å². The van der Waals surface area contributed by atoms with E-state index >= 15 is 0 Å². The minimum atomic E-state index is 0.195. The molecule has 0 saturated carbocycles. The topological polar surface area (TPSA) is 99.3 Å². The summed E-state index contributed by atoms with van der Waals surface area (Å²) in [4.78, 5) is 20.0. The molecular formula is C19H20N6O2. The Kier molecular flexibility index (Phi) is 4.45. The second-order valence-electron chi connectivity index (χ2n) is 6.11. The first-order chi connectivity index (χ1) is 13.2. The van der Waals surface area contributed by atoms with E-state index < -0.39 is 0 Å². The zero-order valence-electron chi connectivity index (χ0n) is 15.2. The predicted octanol–water partition coefficient (Wildman–Crippen LogP) is 2.45. The van der Waals surface area contributed by atoms with Crippen molar-refractivity contribution in [1.29, 1.82) is 0 Å². The largest absolute Gasteiger partial charge is 0.493 e. The molecule has 0 spiro atoms. The van der Waals surface area contributed by atoms with Gasteiger partial charge in [0.2, 0.25) is 5.95 Å². The van der Waals surface area contributed by atoms with Crippen molar-refractivity contribution in [3.8, 4) is 22.8 Å². The number of benzene rings is 1. The molecule has 0 saturated heterocycles. The van der Waals surface area contributed by atoms with Crippen LogP contribution < -0.4 is 20.1 Å². The van der Waals surface area contributed by atoms with Crippen molar-refractivity contribution in [1.82, 2.24) is 19.9 Å². The van der Waals surface area contributed by atoms with Gasteiger partial charge < -0.3 is 20.1 Å². The first-order valence-corrected chi connectivity index (χ1v) is 8.62. The summed E-state index contributed by atoms with van der Waals surface area (Å²) in [6.07, 6.45) is 6.90. The van der Waals surface area contributed by atoms with Gasteiger partial charge in [0.1, 0.15) is 0 Å². The predicted molar refractivity (Wildman–Crippen MR) is 104 cm³/mol. The average molecular weight is 364 g/mol. The van der Waals surface area contributed by atoms with E-state index in [2.05, 4.69) is 32.0 Å². The van der Waals surface area contributed by atoms with E-state index in [0.717, 1.165) is 25.1 Å². The van der Waals surface area contributed by atoms with Crippen molar-refractivity contribution >= 4 is 22.9 Å². The van der Waals surface area contributed by atoms with Gasteiger partial charge in [0.25, 0.3) is 0 Å². The lowest BCUT2D eigenvalue weighted by Gasteiger charge is -2.25. The molecule has 2 N–H and O–H groups in total. The fourth-order valence-corrected chi connectivity index (χ4v) is 3.10. The number of nitrogens with two attached hydrogens (primary N) is 1. The standard InChI is InChI=1S/C19H20N6O2/c1-26-14-7-6-12(10-15(14)27-2)13-11-21-17-16(22-13)18(24-19(20)23-17)25-8-4-3-5-9-25/h3-4,6-7,10-11H,5,8-9H2,1-2H3,(H2,20,21,23,24). The summed E-state index contributed by atoms with van der Waals surface area (Å²) in [6.45, 7) is 1.61. The van der Waals surface area contributed by atoms with E-state index in [-0.39, 0.29) is 5.95 Å². The highest BCUT2D eigenvalue weighted by molar-refractivity contribution is 5.86. The second kappa shape index (κ2) is 7.06. The van der Waals surface area contributed by atoms with Gasteiger partial charge in [0.05, 0.1) is 26.1 Å². The molecule has 0 aliphatic carbocycles. The number of rotatable bonds is 4. The number of methoxy groups -OCH3 is 2.